The number of carbonyl (C=O) groups is 1. The molecular weight excluding hydrogens is 218 g/mol. The molecule has 0 saturated heterocycles. The zero-order valence-corrected chi connectivity index (χ0v) is 9.49. The number of aliphatic imine (C=N–C) groups is 1. The molecule has 1 unspecified atom stereocenters. The van der Waals surface area contributed by atoms with Crippen LogP contribution in [-0.2, 0) is 4.79 Å². The first-order valence-corrected chi connectivity index (χ1v) is 5.49. The molecule has 0 bridgehead atoms. The maximum atomic E-state index is 11.2. The second-order valence-corrected chi connectivity index (χ2v) is 3.85. The van der Waals surface area contributed by atoms with Crippen LogP contribution in [0.3, 0.4) is 0 Å². The van der Waals surface area contributed by atoms with Crippen LogP contribution in [0.2, 0.25) is 0 Å². The first-order chi connectivity index (χ1) is 8.24. The number of hydrogen-bond acceptors (Lipinski definition) is 4. The molecule has 0 aromatic rings. The van der Waals surface area contributed by atoms with Gasteiger partial charge < -0.3 is 14.9 Å². The number of nitrogens with zero attached hydrogens (tertiary/aromatic N) is 3. The van der Waals surface area contributed by atoms with Crippen LogP contribution < -0.4 is 0 Å². The third kappa shape index (κ3) is 2.22. The van der Waals surface area contributed by atoms with Gasteiger partial charge in [0.2, 0.25) is 0 Å². The average molecular weight is 233 g/mol. The molecule has 17 heavy (non-hydrogen) atoms. The lowest BCUT2D eigenvalue weighted by Gasteiger charge is -2.36. The molecule has 0 fully saturated rings. The molecule has 0 spiro atoms. The summed E-state index contributed by atoms with van der Waals surface area (Å²) in [4.78, 5) is 19.1. The number of carboxylic acid groups (broad SMARTS) is 1. The Morgan fingerprint density at radius 3 is 3.12 bits per heavy atom. The van der Waals surface area contributed by atoms with Gasteiger partial charge in [-0.3, -0.25) is 4.99 Å². The first kappa shape index (κ1) is 11.4. The fraction of sp³-hybridized carbons (Fsp3) is 0.333. The van der Waals surface area contributed by atoms with Gasteiger partial charge >= 0.3 is 5.97 Å². The molecule has 5 nitrogen and oxygen atoms in total. The molecule has 0 saturated carbocycles. The van der Waals surface area contributed by atoms with Crippen molar-refractivity contribution in [2.24, 2.45) is 4.99 Å². The van der Waals surface area contributed by atoms with Crippen molar-refractivity contribution in [1.82, 2.24) is 9.80 Å². The maximum absolute atomic E-state index is 11.2. The highest BCUT2D eigenvalue weighted by atomic mass is 16.4. The predicted octanol–water partition coefficient (Wildman–Crippen LogP) is 0.683. The van der Waals surface area contributed by atoms with E-state index in [1.54, 1.807) is 29.5 Å². The third-order valence-electron chi connectivity index (χ3n) is 2.73. The van der Waals surface area contributed by atoms with Crippen molar-refractivity contribution in [3.05, 3.63) is 36.7 Å². The summed E-state index contributed by atoms with van der Waals surface area (Å²) in [6.45, 7) is 5.71. The highest BCUT2D eigenvalue weighted by Gasteiger charge is 2.29. The summed E-state index contributed by atoms with van der Waals surface area (Å²) >= 11 is 0. The predicted molar refractivity (Wildman–Crippen MR) is 65.6 cm³/mol. The molecule has 2 rings (SSSR count). The summed E-state index contributed by atoms with van der Waals surface area (Å²) in [6.07, 6.45) is 8.80. The van der Waals surface area contributed by atoms with E-state index in [0.717, 1.165) is 18.9 Å². The van der Waals surface area contributed by atoms with Crippen LogP contribution in [0, 0.1) is 0 Å². The van der Waals surface area contributed by atoms with Gasteiger partial charge in [-0.05, 0) is 6.08 Å². The molecule has 0 radical (unpaired) electrons. The van der Waals surface area contributed by atoms with Crippen LogP contribution in [-0.4, -0.2) is 52.9 Å². The van der Waals surface area contributed by atoms with E-state index in [4.69, 9.17) is 0 Å². The molecule has 2 heterocycles. The van der Waals surface area contributed by atoms with Gasteiger partial charge in [0, 0.05) is 13.1 Å². The Kier molecular flexibility index (Phi) is 3.27. The number of carboxylic acids is 1. The van der Waals surface area contributed by atoms with Gasteiger partial charge in [0.25, 0.3) is 0 Å². The highest BCUT2D eigenvalue weighted by molar-refractivity contribution is 5.77. The van der Waals surface area contributed by atoms with Crippen molar-refractivity contribution in [1.29, 1.82) is 0 Å². The number of allylic oxidation sites excluding steroid dienone is 2. The summed E-state index contributed by atoms with van der Waals surface area (Å²) in [5.41, 5.74) is 0. The Morgan fingerprint density at radius 1 is 1.71 bits per heavy atom. The molecule has 0 amide bonds. The summed E-state index contributed by atoms with van der Waals surface area (Å²) in [7, 11) is 0. The summed E-state index contributed by atoms with van der Waals surface area (Å²) in [5.74, 6) is 0.00545. The van der Waals surface area contributed by atoms with Crippen molar-refractivity contribution < 1.29 is 9.90 Å². The van der Waals surface area contributed by atoms with Crippen molar-refractivity contribution in [2.75, 3.05) is 19.6 Å². The Morgan fingerprint density at radius 2 is 2.53 bits per heavy atom. The maximum Gasteiger partial charge on any atom is 0.330 e. The van der Waals surface area contributed by atoms with E-state index in [2.05, 4.69) is 11.6 Å². The molecule has 1 atom stereocenters. The second kappa shape index (κ2) is 4.86. The standard InChI is InChI=1S/C12H15N3O2/c1-2-7-15-10(12(16)17)4-3-5-11(15)14-8-6-13-9-14/h2-5,9-10H,1,6-8H2,(H,16,17). The Balaban J connectivity index is 2.25. The highest BCUT2D eigenvalue weighted by Crippen LogP contribution is 2.20. The number of rotatable bonds is 4. The van der Waals surface area contributed by atoms with Crippen molar-refractivity contribution in [3.63, 3.8) is 0 Å². The summed E-state index contributed by atoms with van der Waals surface area (Å²) in [6, 6.07) is -0.637. The normalized spacial score (nSPS) is 22.8. The van der Waals surface area contributed by atoms with Crippen molar-refractivity contribution >= 4 is 12.3 Å². The van der Waals surface area contributed by atoms with Gasteiger partial charge in [-0.25, -0.2) is 4.79 Å². The monoisotopic (exact) mass is 233 g/mol. The molecule has 0 aliphatic carbocycles. The molecule has 0 aromatic carbocycles. The second-order valence-electron chi connectivity index (χ2n) is 3.85. The summed E-state index contributed by atoms with van der Waals surface area (Å²) in [5, 5.41) is 9.19. The zero-order valence-electron chi connectivity index (χ0n) is 9.49. The van der Waals surface area contributed by atoms with E-state index >= 15 is 0 Å². The minimum absolute atomic E-state index is 0.498. The Hall–Kier alpha value is -2.04. The van der Waals surface area contributed by atoms with Crippen LogP contribution in [0.4, 0.5) is 0 Å². The number of hydrogen-bond donors (Lipinski definition) is 1. The van der Waals surface area contributed by atoms with Crippen LogP contribution in [0.15, 0.2) is 41.7 Å². The van der Waals surface area contributed by atoms with E-state index in [1.165, 1.54) is 0 Å². The van der Waals surface area contributed by atoms with Crippen LogP contribution in [0.5, 0.6) is 0 Å². The van der Waals surface area contributed by atoms with Gasteiger partial charge in [-0.15, -0.1) is 6.58 Å². The van der Waals surface area contributed by atoms with Gasteiger partial charge in [0.15, 0.2) is 0 Å². The largest absolute Gasteiger partial charge is 0.479 e. The van der Waals surface area contributed by atoms with E-state index in [9.17, 15) is 9.90 Å². The third-order valence-corrected chi connectivity index (χ3v) is 2.73. The molecule has 90 valence electrons. The SMILES string of the molecule is C=CCN1C(N2C=NCC2)=CC=CC1C(=O)O. The molecular formula is C12H15N3O2. The van der Waals surface area contributed by atoms with E-state index < -0.39 is 12.0 Å². The molecule has 1 N–H and O–H groups in total. The van der Waals surface area contributed by atoms with Crippen molar-refractivity contribution in [3.8, 4) is 0 Å². The minimum atomic E-state index is -0.857. The van der Waals surface area contributed by atoms with E-state index in [1.807, 2.05) is 11.0 Å². The van der Waals surface area contributed by atoms with Gasteiger partial charge in [0.05, 0.1) is 12.9 Å². The van der Waals surface area contributed by atoms with Gasteiger partial charge in [-0.1, -0.05) is 18.2 Å². The lowest BCUT2D eigenvalue weighted by atomic mass is 10.1. The molecule has 0 aromatic heterocycles. The topological polar surface area (TPSA) is 56.1 Å². The fourth-order valence-electron chi connectivity index (χ4n) is 1.96. The Bertz CT molecular complexity index is 412. The quantitative estimate of drug-likeness (QED) is 0.726. The van der Waals surface area contributed by atoms with Crippen LogP contribution in [0.25, 0.3) is 0 Å². The lowest BCUT2D eigenvalue weighted by molar-refractivity contribution is -0.140. The van der Waals surface area contributed by atoms with E-state index in [0.29, 0.717) is 6.54 Å². The average Bonchev–Trinajstić information content (AvgIpc) is 2.83. The molecule has 2 aliphatic rings. The Labute approximate surface area is 100 Å². The first-order valence-electron chi connectivity index (χ1n) is 5.49. The van der Waals surface area contributed by atoms with E-state index in [-0.39, 0.29) is 0 Å². The lowest BCUT2D eigenvalue weighted by Crippen LogP contribution is -2.45. The van der Waals surface area contributed by atoms with Crippen LogP contribution in [0.1, 0.15) is 0 Å². The molecule has 2 aliphatic heterocycles. The summed E-state index contributed by atoms with van der Waals surface area (Å²) < 4.78 is 0. The van der Waals surface area contributed by atoms with Crippen LogP contribution >= 0.6 is 0 Å². The van der Waals surface area contributed by atoms with Crippen molar-refractivity contribution in [2.45, 2.75) is 6.04 Å². The molecule has 5 heteroatoms. The minimum Gasteiger partial charge on any atom is -0.479 e. The van der Waals surface area contributed by atoms with Gasteiger partial charge in [-0.2, -0.15) is 0 Å². The fourth-order valence-corrected chi connectivity index (χ4v) is 1.96. The smallest absolute Gasteiger partial charge is 0.330 e. The number of aliphatic carboxylic acids is 1. The zero-order chi connectivity index (χ0) is 12.3. The van der Waals surface area contributed by atoms with Gasteiger partial charge in [0.1, 0.15) is 11.9 Å².